The average molecular weight is 512 g/mol. The van der Waals surface area contributed by atoms with E-state index in [1.807, 2.05) is 12.3 Å². The number of carboxylic acids is 1. The molecule has 1 saturated carbocycles. The molecule has 5 rings (SSSR count). The Labute approximate surface area is 214 Å². The van der Waals surface area contributed by atoms with E-state index in [-0.39, 0.29) is 23.2 Å². The molecule has 1 saturated heterocycles. The van der Waals surface area contributed by atoms with Gasteiger partial charge in [0.15, 0.2) is 0 Å². The van der Waals surface area contributed by atoms with Crippen LogP contribution in [0.25, 0.3) is 0 Å². The maximum absolute atomic E-state index is 15.1. The van der Waals surface area contributed by atoms with E-state index >= 15 is 4.39 Å². The van der Waals surface area contributed by atoms with Crippen molar-refractivity contribution in [1.29, 1.82) is 0 Å². The van der Waals surface area contributed by atoms with E-state index < -0.39 is 23.7 Å². The van der Waals surface area contributed by atoms with Gasteiger partial charge in [-0.25, -0.2) is 13.6 Å². The maximum atomic E-state index is 15.1. The Hall–Kier alpha value is -3.62. The lowest BCUT2D eigenvalue weighted by atomic mass is 10.0. The molecule has 0 spiro atoms. The lowest BCUT2D eigenvalue weighted by Gasteiger charge is -2.28. The molecule has 2 unspecified atom stereocenters. The molecular formula is C28H31F2N3O4. The van der Waals surface area contributed by atoms with Crippen LogP contribution in [0.1, 0.15) is 59.5 Å². The van der Waals surface area contributed by atoms with Gasteiger partial charge >= 0.3 is 5.97 Å². The summed E-state index contributed by atoms with van der Waals surface area (Å²) in [6, 6.07) is 6.29. The minimum absolute atomic E-state index is 0.0905. The Morgan fingerprint density at radius 3 is 2.59 bits per heavy atom. The summed E-state index contributed by atoms with van der Waals surface area (Å²) in [6.45, 7) is 1.94. The molecule has 2 aromatic carbocycles. The van der Waals surface area contributed by atoms with Crippen LogP contribution in [-0.4, -0.2) is 52.5 Å². The van der Waals surface area contributed by atoms with Crippen LogP contribution in [0.4, 0.5) is 14.5 Å². The third kappa shape index (κ3) is 5.55. The fourth-order valence-corrected chi connectivity index (χ4v) is 5.14. The highest BCUT2D eigenvalue weighted by Gasteiger charge is 2.37. The van der Waals surface area contributed by atoms with Gasteiger partial charge in [0.25, 0.3) is 5.91 Å². The molecule has 1 amide bonds. The van der Waals surface area contributed by atoms with Crippen LogP contribution in [0.3, 0.4) is 0 Å². The first-order valence-corrected chi connectivity index (χ1v) is 12.8. The Morgan fingerprint density at radius 2 is 1.89 bits per heavy atom. The standard InChI is InChI=1S/C28H31F2N3O4/c29-20-5-6-24(31)19(12-20)15-32-10-7-17(8-11-32)16-37-26-14-23(30)22(13-21(26)18-3-4-18)27(34)33-9-1-2-25(33)28(35)36/h5-7,10,12-14,17-18,25H,1-4,8-9,11,15-16,31H2,(H,35,36). The molecule has 2 fully saturated rings. The Morgan fingerprint density at radius 1 is 1.08 bits per heavy atom. The zero-order chi connectivity index (χ0) is 26.1. The molecule has 2 heterocycles. The number of anilines is 1. The fraction of sp³-hybridized carbons (Fsp3) is 0.429. The number of amides is 1. The van der Waals surface area contributed by atoms with E-state index in [2.05, 4.69) is 4.90 Å². The van der Waals surface area contributed by atoms with Gasteiger partial charge in [-0.1, -0.05) is 6.08 Å². The molecule has 2 aliphatic heterocycles. The van der Waals surface area contributed by atoms with Crippen LogP contribution in [0.15, 0.2) is 42.6 Å². The second-order valence-corrected chi connectivity index (χ2v) is 10.2. The molecule has 0 radical (unpaired) electrons. The highest BCUT2D eigenvalue weighted by atomic mass is 19.1. The number of likely N-dealkylation sites (tertiary alicyclic amines) is 1. The summed E-state index contributed by atoms with van der Waals surface area (Å²) < 4.78 is 34.7. The van der Waals surface area contributed by atoms with Gasteiger partial charge in [-0.05, 0) is 79.6 Å². The van der Waals surface area contributed by atoms with Gasteiger partial charge in [-0.2, -0.15) is 0 Å². The molecule has 196 valence electrons. The summed E-state index contributed by atoms with van der Waals surface area (Å²) in [7, 11) is 0. The lowest BCUT2D eigenvalue weighted by Crippen LogP contribution is -2.40. The first-order chi connectivity index (χ1) is 17.8. The number of nitrogens with two attached hydrogens (primary N) is 1. The number of hydrogen-bond donors (Lipinski definition) is 2. The first kappa shape index (κ1) is 25.0. The SMILES string of the molecule is Nc1ccc(F)cc1CN1C=CC(COc2cc(F)c(C(=O)N3CCCC3C(=O)O)cc2C2CC2)CC1. The monoisotopic (exact) mass is 511 g/mol. The number of carbonyl (C=O) groups excluding carboxylic acids is 1. The number of ether oxygens (including phenoxy) is 1. The van der Waals surface area contributed by atoms with Crippen LogP contribution in [0.2, 0.25) is 0 Å². The smallest absolute Gasteiger partial charge is 0.326 e. The molecule has 2 aromatic rings. The summed E-state index contributed by atoms with van der Waals surface area (Å²) in [5.74, 6) is -1.87. The highest BCUT2D eigenvalue weighted by Crippen LogP contribution is 2.45. The van der Waals surface area contributed by atoms with Crippen molar-refractivity contribution >= 4 is 17.6 Å². The van der Waals surface area contributed by atoms with Gasteiger partial charge in [-0.3, -0.25) is 4.79 Å². The maximum Gasteiger partial charge on any atom is 0.326 e. The van der Waals surface area contributed by atoms with Gasteiger partial charge in [0, 0.05) is 37.3 Å². The Bertz CT molecular complexity index is 1230. The number of aliphatic carboxylic acids is 1. The summed E-state index contributed by atoms with van der Waals surface area (Å²) in [6.07, 6.45) is 7.65. The molecule has 0 bridgehead atoms. The third-order valence-corrected chi connectivity index (χ3v) is 7.43. The Kier molecular flexibility index (Phi) is 7.04. The van der Waals surface area contributed by atoms with E-state index in [1.165, 1.54) is 23.1 Å². The summed E-state index contributed by atoms with van der Waals surface area (Å²) in [5, 5.41) is 9.42. The predicted octanol–water partition coefficient (Wildman–Crippen LogP) is 4.53. The molecule has 3 aliphatic rings. The van der Waals surface area contributed by atoms with E-state index in [0.29, 0.717) is 44.0 Å². The second kappa shape index (κ2) is 10.4. The number of carboxylic acid groups (broad SMARTS) is 1. The van der Waals surface area contributed by atoms with Gasteiger partial charge in [0.1, 0.15) is 23.4 Å². The highest BCUT2D eigenvalue weighted by molar-refractivity contribution is 5.97. The topological polar surface area (TPSA) is 96.1 Å². The Balaban J connectivity index is 1.25. The number of rotatable bonds is 8. The molecule has 1 aliphatic carbocycles. The normalized spacial score (nSPS) is 21.4. The van der Waals surface area contributed by atoms with Crippen molar-refractivity contribution in [1.82, 2.24) is 9.80 Å². The molecule has 3 N–H and O–H groups in total. The number of benzene rings is 2. The van der Waals surface area contributed by atoms with Crippen LogP contribution in [-0.2, 0) is 11.3 Å². The van der Waals surface area contributed by atoms with Crippen LogP contribution < -0.4 is 10.5 Å². The number of halogens is 2. The number of hydrogen-bond acceptors (Lipinski definition) is 5. The molecule has 7 nitrogen and oxygen atoms in total. The molecule has 2 atom stereocenters. The van der Waals surface area contributed by atoms with Crippen molar-refractivity contribution in [3.63, 3.8) is 0 Å². The minimum atomic E-state index is -1.06. The molecule has 37 heavy (non-hydrogen) atoms. The van der Waals surface area contributed by atoms with Crippen LogP contribution in [0, 0.1) is 17.6 Å². The molecule has 9 heteroatoms. The van der Waals surface area contributed by atoms with Crippen molar-refractivity contribution in [2.75, 3.05) is 25.4 Å². The number of nitrogen functional groups attached to an aromatic ring is 1. The minimum Gasteiger partial charge on any atom is -0.493 e. The van der Waals surface area contributed by atoms with Crippen molar-refractivity contribution in [3.05, 3.63) is 70.9 Å². The number of nitrogens with zero attached hydrogens (tertiary/aromatic N) is 2. The summed E-state index contributed by atoms with van der Waals surface area (Å²) in [5.41, 5.74) is 7.98. The third-order valence-electron chi connectivity index (χ3n) is 7.43. The largest absolute Gasteiger partial charge is 0.493 e. The average Bonchev–Trinajstić information content (AvgIpc) is 3.60. The van der Waals surface area contributed by atoms with Gasteiger partial charge < -0.3 is 25.4 Å². The zero-order valence-corrected chi connectivity index (χ0v) is 20.5. The van der Waals surface area contributed by atoms with E-state index in [0.717, 1.165) is 36.9 Å². The van der Waals surface area contributed by atoms with Gasteiger partial charge in [0.05, 0.1) is 12.2 Å². The molecule has 0 aromatic heterocycles. The zero-order valence-electron chi connectivity index (χ0n) is 20.5. The van der Waals surface area contributed by atoms with E-state index in [1.54, 1.807) is 12.1 Å². The van der Waals surface area contributed by atoms with Crippen LogP contribution >= 0.6 is 0 Å². The van der Waals surface area contributed by atoms with E-state index in [9.17, 15) is 19.1 Å². The first-order valence-electron chi connectivity index (χ1n) is 12.8. The quantitative estimate of drug-likeness (QED) is 0.506. The van der Waals surface area contributed by atoms with Crippen LogP contribution in [0.5, 0.6) is 5.75 Å². The second-order valence-electron chi connectivity index (χ2n) is 10.2. The predicted molar refractivity (Wildman–Crippen MR) is 134 cm³/mol. The fourth-order valence-electron chi connectivity index (χ4n) is 5.14. The summed E-state index contributed by atoms with van der Waals surface area (Å²) >= 11 is 0. The summed E-state index contributed by atoms with van der Waals surface area (Å²) in [4.78, 5) is 27.9. The number of carbonyl (C=O) groups is 2. The molecular weight excluding hydrogens is 480 g/mol. The van der Waals surface area contributed by atoms with Crippen molar-refractivity contribution in [2.45, 2.75) is 50.6 Å². The van der Waals surface area contributed by atoms with Gasteiger partial charge in [-0.15, -0.1) is 0 Å². The van der Waals surface area contributed by atoms with E-state index in [4.69, 9.17) is 10.5 Å². The van der Waals surface area contributed by atoms with Crippen molar-refractivity contribution in [3.8, 4) is 5.75 Å². The van der Waals surface area contributed by atoms with Crippen molar-refractivity contribution < 1.29 is 28.2 Å². The van der Waals surface area contributed by atoms with Crippen molar-refractivity contribution in [2.24, 2.45) is 5.92 Å². The van der Waals surface area contributed by atoms with Gasteiger partial charge in [0.2, 0.25) is 0 Å². The lowest BCUT2D eigenvalue weighted by molar-refractivity contribution is -0.141.